The Morgan fingerprint density at radius 3 is 0.293 bits per heavy atom. The number of hydrogen-bond donors (Lipinski definition) is 8. The van der Waals surface area contributed by atoms with Gasteiger partial charge >= 0.3 is 0 Å². The third-order valence-corrected chi connectivity index (χ3v) is 4.09. The van der Waals surface area contributed by atoms with Crippen LogP contribution < -0.4 is 0 Å². The molecule has 0 bridgehead atoms. The molecule has 0 rings (SSSR count). The Bertz CT molecular complexity index is 168. The van der Waals surface area contributed by atoms with Crippen LogP contribution in [-0.2, 0) is 19.5 Å². The number of aliphatic hydroxyl groups is 8. The molecule has 0 saturated heterocycles. The maximum absolute atomic E-state index is 8.07. The first kappa shape index (κ1) is 64.3. The summed E-state index contributed by atoms with van der Waals surface area (Å²) in [6.07, 6.45) is 16.3. The van der Waals surface area contributed by atoms with Gasteiger partial charge in [-0.25, -0.2) is 0 Å². The second-order valence-corrected chi connectivity index (χ2v) is 8.62. The summed E-state index contributed by atoms with van der Waals surface area (Å²) >= 11 is 0. The van der Waals surface area contributed by atoms with Crippen molar-refractivity contribution in [1.29, 1.82) is 0 Å². The first-order chi connectivity index (χ1) is 19.3. The molecular formula is C32H80O8Zn. The Morgan fingerprint density at radius 1 is 0.220 bits per heavy atom. The van der Waals surface area contributed by atoms with Gasteiger partial charge in [-0.1, -0.05) is 107 Å². The van der Waals surface area contributed by atoms with E-state index in [-0.39, 0.29) is 19.5 Å². The minimum absolute atomic E-state index is 0. The number of rotatable bonds is 16. The van der Waals surface area contributed by atoms with Crippen molar-refractivity contribution < 1.29 is 60.3 Å². The maximum atomic E-state index is 8.07. The third-order valence-electron chi connectivity index (χ3n) is 4.09. The molecule has 0 atom stereocenters. The molecule has 0 radical (unpaired) electrons. The molecule has 8 nitrogen and oxygen atoms in total. The molecule has 0 amide bonds. The zero-order valence-corrected chi connectivity index (χ0v) is 32.2. The van der Waals surface area contributed by atoms with Gasteiger partial charge in [0.1, 0.15) is 0 Å². The van der Waals surface area contributed by atoms with Crippen molar-refractivity contribution in [2.45, 2.75) is 158 Å². The Hall–Kier alpha value is 0.303. The second-order valence-electron chi connectivity index (χ2n) is 8.62. The summed E-state index contributed by atoms with van der Waals surface area (Å²) in [6, 6.07) is 0. The molecule has 41 heavy (non-hydrogen) atoms. The monoisotopic (exact) mass is 657 g/mol. The number of aliphatic hydroxyl groups excluding tert-OH is 8. The molecule has 0 aliphatic rings. The van der Waals surface area contributed by atoms with Crippen LogP contribution in [0.4, 0.5) is 0 Å². The fraction of sp³-hybridized carbons (Fsp3) is 1.00. The largest absolute Gasteiger partial charge is 0.396 e. The molecular weight excluding hydrogens is 578 g/mol. The van der Waals surface area contributed by atoms with E-state index in [0.717, 1.165) is 103 Å². The Balaban J connectivity index is -0.0000000406. The summed E-state index contributed by atoms with van der Waals surface area (Å²) in [6.45, 7) is 19.2. The maximum Gasteiger partial charge on any atom is 0.0430 e. The zero-order valence-electron chi connectivity index (χ0n) is 29.3. The van der Waals surface area contributed by atoms with Gasteiger partial charge in [-0.05, 0) is 51.4 Å². The van der Waals surface area contributed by atoms with Crippen LogP contribution >= 0.6 is 0 Å². The van der Waals surface area contributed by atoms with Crippen molar-refractivity contribution >= 4 is 0 Å². The Kier molecular flexibility index (Phi) is 165. The van der Waals surface area contributed by atoms with Crippen molar-refractivity contribution in [3.63, 3.8) is 0 Å². The van der Waals surface area contributed by atoms with Gasteiger partial charge in [-0.15, -0.1) is 0 Å². The fourth-order valence-corrected chi connectivity index (χ4v) is 1.26. The van der Waals surface area contributed by atoms with E-state index in [1.165, 1.54) is 0 Å². The van der Waals surface area contributed by atoms with Gasteiger partial charge in [0.25, 0.3) is 0 Å². The average Bonchev–Trinajstić information content (AvgIpc) is 2.95. The van der Waals surface area contributed by atoms with Gasteiger partial charge < -0.3 is 40.9 Å². The van der Waals surface area contributed by atoms with Gasteiger partial charge in [0.2, 0.25) is 0 Å². The summed E-state index contributed by atoms with van der Waals surface area (Å²) in [7, 11) is 0. The predicted molar refractivity (Wildman–Crippen MR) is 176 cm³/mol. The van der Waals surface area contributed by atoms with Gasteiger partial charge in [0.05, 0.1) is 0 Å². The normalized spacial score (nSPS) is 8.20. The molecule has 0 aromatic carbocycles. The van der Waals surface area contributed by atoms with E-state index in [2.05, 4.69) is 55.4 Å². The van der Waals surface area contributed by atoms with Crippen LogP contribution in [0.25, 0.3) is 0 Å². The van der Waals surface area contributed by atoms with E-state index in [0.29, 0.717) is 52.9 Å². The molecule has 258 valence electrons. The molecule has 0 fully saturated rings. The van der Waals surface area contributed by atoms with Crippen LogP contribution in [-0.4, -0.2) is 93.7 Å². The van der Waals surface area contributed by atoms with Crippen LogP contribution in [0.3, 0.4) is 0 Å². The molecule has 0 aliphatic heterocycles. The van der Waals surface area contributed by atoms with Crippen LogP contribution in [0, 0.1) is 0 Å². The zero-order chi connectivity index (χ0) is 33.0. The van der Waals surface area contributed by atoms with Gasteiger partial charge in [-0.2, -0.15) is 0 Å². The first-order valence-electron chi connectivity index (χ1n) is 16.2. The van der Waals surface area contributed by atoms with Crippen molar-refractivity contribution in [2.75, 3.05) is 52.9 Å². The quantitative estimate of drug-likeness (QED) is 0.0907. The summed E-state index contributed by atoms with van der Waals surface area (Å²) in [5.74, 6) is 0. The van der Waals surface area contributed by atoms with Crippen LogP contribution in [0.2, 0.25) is 0 Å². The molecule has 0 aromatic heterocycles. The summed E-state index contributed by atoms with van der Waals surface area (Å²) in [5, 5.41) is 64.5. The van der Waals surface area contributed by atoms with E-state index in [9.17, 15) is 0 Å². The standard InChI is InChI=1S/8C4H10O.Zn/c8*1-2-3-4-5;/h8*5H,2-4H2,1H3;. The fourth-order valence-electron chi connectivity index (χ4n) is 1.26. The molecule has 0 spiro atoms. The molecule has 0 saturated carbocycles. The van der Waals surface area contributed by atoms with Crippen LogP contribution in [0.1, 0.15) is 158 Å². The first-order valence-corrected chi connectivity index (χ1v) is 16.2. The topological polar surface area (TPSA) is 162 Å². The van der Waals surface area contributed by atoms with E-state index in [1.807, 2.05) is 0 Å². The van der Waals surface area contributed by atoms with Crippen LogP contribution in [0.15, 0.2) is 0 Å². The smallest absolute Gasteiger partial charge is 0.0430 e. The van der Waals surface area contributed by atoms with E-state index in [4.69, 9.17) is 40.9 Å². The average molecular weight is 658 g/mol. The Labute approximate surface area is 270 Å². The number of unbranched alkanes of at least 4 members (excludes halogenated alkanes) is 8. The second kappa shape index (κ2) is 105. The van der Waals surface area contributed by atoms with Crippen molar-refractivity contribution in [3.05, 3.63) is 0 Å². The van der Waals surface area contributed by atoms with Crippen LogP contribution in [0.5, 0.6) is 0 Å². The third kappa shape index (κ3) is 222. The van der Waals surface area contributed by atoms with E-state index >= 15 is 0 Å². The Morgan fingerprint density at radius 2 is 0.293 bits per heavy atom. The number of hydrogen-bond acceptors (Lipinski definition) is 8. The predicted octanol–water partition coefficient (Wildman–Crippen LogP) is 6.23. The van der Waals surface area contributed by atoms with Crippen molar-refractivity contribution in [2.24, 2.45) is 0 Å². The summed E-state index contributed by atoms with van der Waals surface area (Å²) < 4.78 is 0. The summed E-state index contributed by atoms with van der Waals surface area (Å²) in [5.41, 5.74) is 0. The van der Waals surface area contributed by atoms with Gasteiger partial charge in [-0.3, -0.25) is 0 Å². The van der Waals surface area contributed by atoms with E-state index in [1.54, 1.807) is 0 Å². The van der Waals surface area contributed by atoms with Gasteiger partial charge in [0.15, 0.2) is 0 Å². The van der Waals surface area contributed by atoms with Crippen molar-refractivity contribution in [1.82, 2.24) is 0 Å². The molecule has 9 heteroatoms. The van der Waals surface area contributed by atoms with E-state index < -0.39 is 0 Å². The molecule has 0 aliphatic carbocycles. The van der Waals surface area contributed by atoms with Gasteiger partial charge in [0, 0.05) is 72.3 Å². The minimum Gasteiger partial charge on any atom is -0.396 e. The minimum atomic E-state index is 0. The van der Waals surface area contributed by atoms with Crippen molar-refractivity contribution in [3.8, 4) is 0 Å². The molecule has 0 unspecified atom stereocenters. The molecule has 0 aromatic rings. The molecule has 8 N–H and O–H groups in total. The summed E-state index contributed by atoms with van der Waals surface area (Å²) in [4.78, 5) is 0. The molecule has 0 heterocycles. The SMILES string of the molecule is CCCCO.CCCCO.CCCCO.CCCCO.CCCCO.CCCCO.CCCCO.CCCCO.[Zn].